The maximum absolute atomic E-state index is 13.2. The van der Waals surface area contributed by atoms with Crippen LogP contribution in [0.3, 0.4) is 0 Å². The van der Waals surface area contributed by atoms with Crippen molar-refractivity contribution in [2.24, 2.45) is 0 Å². The number of benzene rings is 1. The molecule has 0 fully saturated rings. The largest absolute Gasteiger partial charge is 0.465 e. The zero-order chi connectivity index (χ0) is 23.8. The topological polar surface area (TPSA) is 100 Å². The second-order valence-corrected chi connectivity index (χ2v) is 7.85. The minimum Gasteiger partial charge on any atom is -0.465 e. The van der Waals surface area contributed by atoms with Gasteiger partial charge in [-0.05, 0) is 40.2 Å². The minimum atomic E-state index is -4.79. The Labute approximate surface area is 196 Å². The molecule has 0 radical (unpaired) electrons. The molecule has 0 saturated heterocycles. The number of rotatable bonds is 4. The van der Waals surface area contributed by atoms with Crippen LogP contribution < -0.4 is 10.2 Å². The number of carbonyl (C=O) groups excluding carboxylic acids is 1. The predicted octanol–water partition coefficient (Wildman–Crippen LogP) is 5.72. The lowest BCUT2D eigenvalue weighted by Gasteiger charge is -2.21. The summed E-state index contributed by atoms with van der Waals surface area (Å²) < 4.78 is 41.0. The molecule has 0 aliphatic heterocycles. The normalized spacial score (nSPS) is 11.3. The summed E-state index contributed by atoms with van der Waals surface area (Å²) in [4.78, 5) is 29.0. The highest BCUT2D eigenvalue weighted by molar-refractivity contribution is 9.10. The average Bonchev–Trinajstić information content (AvgIpc) is 3.09. The molecule has 1 aromatic carbocycles. The van der Waals surface area contributed by atoms with Crippen LogP contribution in [-0.2, 0) is 6.18 Å². The van der Waals surface area contributed by atoms with Gasteiger partial charge in [0, 0.05) is 19.3 Å². The Morgan fingerprint density at radius 2 is 1.91 bits per heavy atom. The van der Waals surface area contributed by atoms with Crippen molar-refractivity contribution in [2.75, 3.05) is 17.3 Å². The number of carbonyl (C=O) groups is 2. The number of pyridine rings is 1. The van der Waals surface area contributed by atoms with Gasteiger partial charge in [0.05, 0.1) is 27.0 Å². The summed E-state index contributed by atoms with van der Waals surface area (Å²) in [5, 5.41) is 15.4. The highest BCUT2D eigenvalue weighted by atomic mass is 79.9. The van der Waals surface area contributed by atoms with Crippen molar-refractivity contribution in [2.45, 2.75) is 6.18 Å². The molecule has 0 unspecified atom stereocenters. The van der Waals surface area contributed by atoms with Gasteiger partial charge in [-0.15, -0.1) is 0 Å². The van der Waals surface area contributed by atoms with E-state index in [1.165, 1.54) is 18.3 Å². The molecule has 0 atom stereocenters. The molecule has 8 nitrogen and oxygen atoms in total. The number of aromatic nitrogens is 3. The summed E-state index contributed by atoms with van der Waals surface area (Å²) in [6, 6.07) is 5.56. The van der Waals surface area contributed by atoms with E-state index in [1.54, 1.807) is 6.07 Å². The molecule has 14 heteroatoms. The van der Waals surface area contributed by atoms with Gasteiger partial charge in [0.25, 0.3) is 5.91 Å². The molecule has 0 saturated carbocycles. The van der Waals surface area contributed by atoms with Crippen LogP contribution in [-0.4, -0.2) is 38.9 Å². The Morgan fingerprint density at radius 1 is 1.22 bits per heavy atom. The Balaban J connectivity index is 2.09. The first-order chi connectivity index (χ1) is 14.9. The molecule has 0 aliphatic rings. The number of amides is 2. The van der Waals surface area contributed by atoms with Crippen LogP contribution in [0.2, 0.25) is 10.0 Å². The van der Waals surface area contributed by atoms with Crippen LogP contribution in [0.15, 0.2) is 41.1 Å². The van der Waals surface area contributed by atoms with Crippen molar-refractivity contribution < 1.29 is 27.9 Å². The van der Waals surface area contributed by atoms with Crippen LogP contribution in [0.1, 0.15) is 16.1 Å². The molecule has 2 amide bonds. The van der Waals surface area contributed by atoms with Gasteiger partial charge in [0.1, 0.15) is 10.3 Å². The fourth-order valence-corrected chi connectivity index (χ4v) is 3.47. The van der Waals surface area contributed by atoms with E-state index >= 15 is 0 Å². The van der Waals surface area contributed by atoms with Crippen LogP contribution in [0.25, 0.3) is 5.82 Å². The third-order valence-electron chi connectivity index (χ3n) is 4.14. The van der Waals surface area contributed by atoms with Crippen LogP contribution in [0.5, 0.6) is 0 Å². The van der Waals surface area contributed by atoms with Crippen LogP contribution in [0.4, 0.5) is 29.3 Å². The number of alkyl halides is 3. The second-order valence-electron chi connectivity index (χ2n) is 6.22. The summed E-state index contributed by atoms with van der Waals surface area (Å²) in [6.45, 7) is 0. The van der Waals surface area contributed by atoms with Crippen LogP contribution in [0, 0.1) is 0 Å². The van der Waals surface area contributed by atoms with Gasteiger partial charge in [0.2, 0.25) is 0 Å². The number of halogens is 6. The molecule has 2 N–H and O–H groups in total. The summed E-state index contributed by atoms with van der Waals surface area (Å²) in [5.74, 6) is -0.738. The standard InChI is InChI=1S/C18H11BrCl2F3N5O3/c1-28(17(31)32)11-6-8(18(22,23)24)5-10(21)14(11)26-16(30)12-7-13(19)27-29(12)15-9(20)3-2-4-25-15/h2-7H,1H3,(H,26,30)(H,31,32). The van der Waals surface area contributed by atoms with E-state index in [2.05, 4.69) is 31.3 Å². The quantitative estimate of drug-likeness (QED) is 0.431. The third-order valence-corrected chi connectivity index (χ3v) is 5.12. The molecule has 2 heterocycles. The number of carboxylic acid groups (broad SMARTS) is 1. The monoisotopic (exact) mass is 551 g/mol. The number of nitrogens with one attached hydrogen (secondary N) is 1. The lowest BCUT2D eigenvalue weighted by atomic mass is 10.1. The maximum atomic E-state index is 13.2. The fraction of sp³-hybridized carbons (Fsp3) is 0.111. The Bertz CT molecular complexity index is 1220. The molecule has 3 aromatic rings. The van der Waals surface area contributed by atoms with Gasteiger partial charge >= 0.3 is 12.3 Å². The summed E-state index contributed by atoms with van der Waals surface area (Å²) in [5.41, 5.74) is -2.11. The van der Waals surface area contributed by atoms with Crippen molar-refractivity contribution in [3.05, 3.63) is 62.4 Å². The van der Waals surface area contributed by atoms with Crippen molar-refractivity contribution in [1.29, 1.82) is 0 Å². The average molecular weight is 553 g/mol. The Hall–Kier alpha value is -2.83. The van der Waals surface area contributed by atoms with Gasteiger partial charge in [-0.3, -0.25) is 9.69 Å². The molecule has 0 bridgehead atoms. The van der Waals surface area contributed by atoms with E-state index in [-0.39, 0.29) is 26.8 Å². The van der Waals surface area contributed by atoms with Crippen LogP contribution >= 0.6 is 39.1 Å². The smallest absolute Gasteiger partial charge is 0.416 e. The van der Waals surface area contributed by atoms with Crippen molar-refractivity contribution in [3.8, 4) is 5.82 Å². The highest BCUT2D eigenvalue weighted by Gasteiger charge is 2.34. The van der Waals surface area contributed by atoms with Gasteiger partial charge < -0.3 is 10.4 Å². The lowest BCUT2D eigenvalue weighted by molar-refractivity contribution is -0.137. The first-order valence-electron chi connectivity index (χ1n) is 8.45. The Kier molecular flexibility index (Phi) is 6.67. The number of anilines is 2. The summed E-state index contributed by atoms with van der Waals surface area (Å²) >= 11 is 15.3. The van der Waals surface area contributed by atoms with Gasteiger partial charge in [-0.1, -0.05) is 23.2 Å². The number of nitrogens with zero attached hydrogens (tertiary/aromatic N) is 4. The van der Waals surface area contributed by atoms with E-state index in [9.17, 15) is 27.9 Å². The van der Waals surface area contributed by atoms with Gasteiger partial charge in [0.15, 0.2) is 5.82 Å². The fourth-order valence-electron chi connectivity index (χ4n) is 2.63. The Morgan fingerprint density at radius 3 is 2.50 bits per heavy atom. The van der Waals surface area contributed by atoms with E-state index in [1.807, 2.05) is 0 Å². The summed E-state index contributed by atoms with van der Waals surface area (Å²) in [7, 11) is 1.01. The van der Waals surface area contributed by atoms with Gasteiger partial charge in [-0.2, -0.15) is 18.3 Å². The minimum absolute atomic E-state index is 0.0997. The summed E-state index contributed by atoms with van der Waals surface area (Å²) in [6.07, 6.45) is -4.94. The maximum Gasteiger partial charge on any atom is 0.416 e. The predicted molar refractivity (Wildman–Crippen MR) is 115 cm³/mol. The zero-order valence-corrected chi connectivity index (χ0v) is 18.9. The van der Waals surface area contributed by atoms with E-state index in [0.29, 0.717) is 17.0 Å². The number of hydrogen-bond donors (Lipinski definition) is 2. The SMILES string of the molecule is CN(C(=O)O)c1cc(C(F)(F)F)cc(Cl)c1NC(=O)c1cc(Br)nn1-c1ncccc1Cl. The molecule has 168 valence electrons. The molecule has 3 rings (SSSR count). The molecule has 0 spiro atoms. The molecular weight excluding hydrogens is 542 g/mol. The first-order valence-corrected chi connectivity index (χ1v) is 10.00. The number of hydrogen-bond acceptors (Lipinski definition) is 4. The van der Waals surface area contributed by atoms with Crippen molar-refractivity contribution >= 4 is 62.5 Å². The second kappa shape index (κ2) is 8.96. The molecule has 2 aromatic heterocycles. The van der Waals surface area contributed by atoms with Gasteiger partial charge in [-0.25, -0.2) is 14.5 Å². The van der Waals surface area contributed by atoms with E-state index in [4.69, 9.17) is 23.2 Å². The van der Waals surface area contributed by atoms with Crippen molar-refractivity contribution in [1.82, 2.24) is 14.8 Å². The molecular formula is C18H11BrCl2F3N5O3. The molecule has 0 aliphatic carbocycles. The molecule has 32 heavy (non-hydrogen) atoms. The highest BCUT2D eigenvalue weighted by Crippen LogP contribution is 2.40. The zero-order valence-electron chi connectivity index (χ0n) is 15.8. The third kappa shape index (κ3) is 4.81. The van der Waals surface area contributed by atoms with E-state index in [0.717, 1.165) is 11.7 Å². The first kappa shape index (κ1) is 23.8. The lowest BCUT2D eigenvalue weighted by Crippen LogP contribution is -2.27. The van der Waals surface area contributed by atoms with E-state index < -0.39 is 34.5 Å². The van der Waals surface area contributed by atoms with Crippen molar-refractivity contribution in [3.63, 3.8) is 0 Å².